The third-order valence-corrected chi connectivity index (χ3v) is 6.40. The summed E-state index contributed by atoms with van der Waals surface area (Å²) in [7, 11) is 0. The van der Waals surface area contributed by atoms with Crippen molar-refractivity contribution < 1.29 is 14.3 Å². The number of nitrogens with zero attached hydrogens (tertiary/aromatic N) is 5. The van der Waals surface area contributed by atoms with Gasteiger partial charge in [-0.15, -0.1) is 10.2 Å². The second-order valence-electron chi connectivity index (χ2n) is 7.28. The van der Waals surface area contributed by atoms with Crippen LogP contribution < -0.4 is 9.64 Å². The third kappa shape index (κ3) is 3.38. The second-order valence-corrected chi connectivity index (χ2v) is 8.29. The zero-order chi connectivity index (χ0) is 19.8. The summed E-state index contributed by atoms with van der Waals surface area (Å²) in [6.07, 6.45) is 3.83. The minimum atomic E-state index is -0.168. The van der Waals surface area contributed by atoms with Gasteiger partial charge in [0.1, 0.15) is 17.1 Å². The number of benzene rings is 1. The monoisotopic (exact) mass is 413 g/mol. The van der Waals surface area contributed by atoms with Crippen LogP contribution in [0.4, 0.5) is 5.13 Å². The molecule has 8 nitrogen and oxygen atoms in total. The maximum absolute atomic E-state index is 13.5. The Bertz CT molecular complexity index is 1040. The minimum absolute atomic E-state index is 0.0123. The summed E-state index contributed by atoms with van der Waals surface area (Å²) >= 11 is 1.49. The van der Waals surface area contributed by atoms with Crippen LogP contribution in [0.25, 0.3) is 10.2 Å². The Morgan fingerprint density at radius 1 is 1.38 bits per heavy atom. The third-order valence-electron chi connectivity index (χ3n) is 5.36. The molecule has 152 valence electrons. The molecule has 1 fully saturated rings. The largest absolute Gasteiger partial charge is 0.492 e. The lowest BCUT2D eigenvalue weighted by atomic mass is 10.2. The van der Waals surface area contributed by atoms with Gasteiger partial charge in [0.2, 0.25) is 5.82 Å². The van der Waals surface area contributed by atoms with Crippen molar-refractivity contribution in [1.29, 1.82) is 0 Å². The van der Waals surface area contributed by atoms with Crippen LogP contribution >= 0.6 is 11.3 Å². The van der Waals surface area contributed by atoms with Gasteiger partial charge in [0.05, 0.1) is 24.0 Å². The molecule has 1 atom stereocenters. The predicted octanol–water partition coefficient (Wildman–Crippen LogP) is 3.06. The quantitative estimate of drug-likeness (QED) is 0.618. The number of amides is 1. The zero-order valence-electron chi connectivity index (χ0n) is 16.3. The molecule has 0 bridgehead atoms. The Balaban J connectivity index is 1.54. The van der Waals surface area contributed by atoms with E-state index in [9.17, 15) is 4.79 Å². The van der Waals surface area contributed by atoms with Gasteiger partial charge in [-0.1, -0.05) is 17.4 Å². The smallest absolute Gasteiger partial charge is 0.298 e. The van der Waals surface area contributed by atoms with Crippen LogP contribution in [0.2, 0.25) is 0 Å². The molecule has 2 aliphatic heterocycles. The highest BCUT2D eigenvalue weighted by Crippen LogP contribution is 2.35. The van der Waals surface area contributed by atoms with Gasteiger partial charge in [0.25, 0.3) is 5.91 Å². The standard InChI is InChI=1S/C20H23N5O3S/c1-2-27-14-7-3-8-15-17(14)21-20(29-15)25(12-13-6-5-11-28-13)19(26)18-23-22-16-9-4-10-24(16)18/h3,7-8,13H,2,4-6,9-12H2,1H3. The van der Waals surface area contributed by atoms with Crippen LogP contribution in [-0.2, 0) is 17.7 Å². The lowest BCUT2D eigenvalue weighted by molar-refractivity contribution is 0.0905. The molecule has 0 aliphatic carbocycles. The molecule has 29 heavy (non-hydrogen) atoms. The highest BCUT2D eigenvalue weighted by Gasteiger charge is 2.32. The Hall–Kier alpha value is -2.52. The summed E-state index contributed by atoms with van der Waals surface area (Å²) in [5.41, 5.74) is 0.783. The van der Waals surface area contributed by atoms with Crippen molar-refractivity contribution in [2.75, 3.05) is 24.7 Å². The lowest BCUT2D eigenvalue weighted by Gasteiger charge is -2.22. The van der Waals surface area contributed by atoms with E-state index in [-0.39, 0.29) is 12.0 Å². The number of fused-ring (bicyclic) bond motifs is 2. The molecule has 1 aromatic carbocycles. The van der Waals surface area contributed by atoms with Crippen LogP contribution in [0.5, 0.6) is 5.75 Å². The summed E-state index contributed by atoms with van der Waals surface area (Å²) in [6.45, 7) is 4.50. The van der Waals surface area contributed by atoms with Crippen molar-refractivity contribution in [2.45, 2.75) is 45.3 Å². The number of hydrogen-bond acceptors (Lipinski definition) is 7. The van der Waals surface area contributed by atoms with Crippen LogP contribution in [0, 0.1) is 0 Å². The van der Waals surface area contributed by atoms with E-state index < -0.39 is 0 Å². The van der Waals surface area contributed by atoms with Crippen molar-refractivity contribution in [3.8, 4) is 5.75 Å². The van der Waals surface area contributed by atoms with Gasteiger partial charge in [-0.25, -0.2) is 4.98 Å². The van der Waals surface area contributed by atoms with E-state index in [1.807, 2.05) is 29.7 Å². The Labute approximate surface area is 172 Å². The average Bonchev–Trinajstić information content (AvgIpc) is 3.50. The summed E-state index contributed by atoms with van der Waals surface area (Å²) in [5.74, 6) is 1.84. The van der Waals surface area contributed by atoms with E-state index in [2.05, 4.69) is 10.2 Å². The van der Waals surface area contributed by atoms with Gasteiger partial charge in [0.15, 0.2) is 5.13 Å². The number of para-hydroxylation sites is 1. The van der Waals surface area contributed by atoms with Gasteiger partial charge in [-0.3, -0.25) is 9.69 Å². The Kier molecular flexibility index (Phi) is 4.92. The van der Waals surface area contributed by atoms with E-state index in [1.54, 1.807) is 4.90 Å². The van der Waals surface area contributed by atoms with Crippen molar-refractivity contribution in [1.82, 2.24) is 19.7 Å². The summed E-state index contributed by atoms with van der Waals surface area (Å²) in [4.78, 5) is 20.0. The highest BCUT2D eigenvalue weighted by molar-refractivity contribution is 7.22. The number of rotatable bonds is 6. The van der Waals surface area contributed by atoms with E-state index in [1.165, 1.54) is 11.3 Å². The summed E-state index contributed by atoms with van der Waals surface area (Å²) in [5, 5.41) is 9.04. The van der Waals surface area contributed by atoms with Gasteiger partial charge >= 0.3 is 0 Å². The topological polar surface area (TPSA) is 82.4 Å². The van der Waals surface area contributed by atoms with E-state index in [4.69, 9.17) is 14.5 Å². The lowest BCUT2D eigenvalue weighted by Crippen LogP contribution is -2.38. The number of aryl methyl sites for hydroxylation is 1. The average molecular weight is 414 g/mol. The Morgan fingerprint density at radius 3 is 3.14 bits per heavy atom. The molecular weight excluding hydrogens is 390 g/mol. The predicted molar refractivity (Wildman–Crippen MR) is 110 cm³/mol. The Morgan fingerprint density at radius 2 is 2.31 bits per heavy atom. The van der Waals surface area contributed by atoms with Gasteiger partial charge in [-0.2, -0.15) is 0 Å². The first kappa shape index (κ1) is 18.5. The maximum Gasteiger partial charge on any atom is 0.298 e. The van der Waals surface area contributed by atoms with E-state index >= 15 is 0 Å². The molecule has 0 radical (unpaired) electrons. The molecule has 1 unspecified atom stereocenters. The van der Waals surface area contributed by atoms with E-state index in [0.717, 1.165) is 60.6 Å². The summed E-state index contributed by atoms with van der Waals surface area (Å²) < 4.78 is 14.5. The number of carbonyl (C=O) groups is 1. The highest BCUT2D eigenvalue weighted by atomic mass is 32.1. The molecule has 1 saturated heterocycles. The van der Waals surface area contributed by atoms with Crippen LogP contribution in [0.15, 0.2) is 18.2 Å². The van der Waals surface area contributed by atoms with Gasteiger partial charge < -0.3 is 14.0 Å². The summed E-state index contributed by atoms with van der Waals surface area (Å²) in [6, 6.07) is 5.86. The number of aromatic nitrogens is 4. The first-order valence-electron chi connectivity index (χ1n) is 10.1. The first-order chi connectivity index (χ1) is 14.2. The van der Waals surface area contributed by atoms with Gasteiger partial charge in [-0.05, 0) is 38.3 Å². The number of ether oxygens (including phenoxy) is 2. The fourth-order valence-electron chi connectivity index (χ4n) is 3.97. The first-order valence-corrected chi connectivity index (χ1v) is 10.9. The normalized spacial score (nSPS) is 18.3. The minimum Gasteiger partial charge on any atom is -0.492 e. The molecule has 2 aliphatic rings. The number of anilines is 1. The molecule has 3 aromatic rings. The molecular formula is C20H23N5O3S. The number of hydrogen-bond donors (Lipinski definition) is 0. The van der Waals surface area contributed by atoms with Crippen LogP contribution in [0.3, 0.4) is 0 Å². The molecule has 2 aromatic heterocycles. The zero-order valence-corrected chi connectivity index (χ0v) is 17.2. The van der Waals surface area contributed by atoms with Gasteiger partial charge in [0, 0.05) is 19.6 Å². The molecule has 5 rings (SSSR count). The second kappa shape index (κ2) is 7.72. The number of thiazole rings is 1. The number of carbonyl (C=O) groups excluding carboxylic acids is 1. The van der Waals surface area contributed by atoms with E-state index in [0.29, 0.717) is 24.1 Å². The van der Waals surface area contributed by atoms with Crippen molar-refractivity contribution in [3.63, 3.8) is 0 Å². The molecule has 0 saturated carbocycles. The molecule has 4 heterocycles. The SMILES string of the molecule is CCOc1cccc2sc(N(CC3CCCO3)C(=O)c3nnc4n3CCC4)nc12. The molecule has 0 N–H and O–H groups in total. The molecule has 1 amide bonds. The fourth-order valence-corrected chi connectivity index (χ4v) is 4.96. The fraction of sp³-hybridized carbons (Fsp3) is 0.500. The van der Waals surface area contributed by atoms with Crippen molar-refractivity contribution >= 4 is 32.6 Å². The van der Waals surface area contributed by atoms with Crippen molar-refractivity contribution in [2.24, 2.45) is 0 Å². The van der Waals surface area contributed by atoms with Crippen LogP contribution in [0.1, 0.15) is 42.6 Å². The maximum atomic E-state index is 13.5. The molecule has 9 heteroatoms. The van der Waals surface area contributed by atoms with Crippen LogP contribution in [-0.4, -0.2) is 51.5 Å². The van der Waals surface area contributed by atoms with Crippen molar-refractivity contribution in [3.05, 3.63) is 29.8 Å². The molecule has 0 spiro atoms.